The summed E-state index contributed by atoms with van der Waals surface area (Å²) in [6, 6.07) is 3.42. The molecule has 1 rings (SSSR count). The molecule has 0 atom stereocenters. The van der Waals surface area contributed by atoms with Crippen LogP contribution in [-0.2, 0) is 4.74 Å². The van der Waals surface area contributed by atoms with Gasteiger partial charge in [0.2, 0.25) is 0 Å². The van der Waals surface area contributed by atoms with E-state index in [1.54, 1.807) is 0 Å². The Kier molecular flexibility index (Phi) is 5.62. The Balaban J connectivity index is 2.73. The third-order valence-corrected chi connectivity index (χ3v) is 2.67. The Hall–Kier alpha value is -1.58. The molecule has 1 aromatic carbocycles. The molecule has 0 amide bonds. The van der Waals surface area contributed by atoms with E-state index in [1.807, 2.05) is 13.8 Å². The number of rotatable bonds is 6. The first-order chi connectivity index (χ1) is 8.58. The minimum absolute atomic E-state index is 0.134. The molecule has 0 aliphatic rings. The molecular formula is C14H19FO3. The normalized spacial score (nSPS) is 10.7. The standard InChI is InChI=1S/C14H19FO3/c1-3-5-11(6-4-2)18-14(17)12-8-7-10(16)9-13(12)15/h7-9,11,16H,3-6H2,1-2H3. The number of phenolic OH excluding ortho intramolecular Hbond substituents is 1. The number of carbonyl (C=O) groups is 1. The number of hydrogen-bond acceptors (Lipinski definition) is 3. The predicted molar refractivity (Wildman–Crippen MR) is 67.1 cm³/mol. The fourth-order valence-corrected chi connectivity index (χ4v) is 1.79. The number of carbonyl (C=O) groups excluding carboxylic acids is 1. The topological polar surface area (TPSA) is 46.5 Å². The lowest BCUT2D eigenvalue weighted by Gasteiger charge is -2.16. The van der Waals surface area contributed by atoms with Crippen LogP contribution in [0.15, 0.2) is 18.2 Å². The van der Waals surface area contributed by atoms with Gasteiger partial charge in [0.1, 0.15) is 17.7 Å². The van der Waals surface area contributed by atoms with Gasteiger partial charge < -0.3 is 9.84 Å². The second-order valence-electron chi connectivity index (χ2n) is 4.27. The van der Waals surface area contributed by atoms with Crippen LogP contribution >= 0.6 is 0 Å². The molecule has 0 bridgehead atoms. The largest absolute Gasteiger partial charge is 0.508 e. The fraction of sp³-hybridized carbons (Fsp3) is 0.500. The molecule has 0 saturated heterocycles. The first-order valence-electron chi connectivity index (χ1n) is 6.28. The van der Waals surface area contributed by atoms with Crippen molar-refractivity contribution >= 4 is 5.97 Å². The number of halogens is 1. The molecule has 0 unspecified atom stereocenters. The first-order valence-corrected chi connectivity index (χ1v) is 6.28. The van der Waals surface area contributed by atoms with Gasteiger partial charge in [-0.15, -0.1) is 0 Å². The molecule has 18 heavy (non-hydrogen) atoms. The molecule has 0 aliphatic carbocycles. The average Bonchev–Trinajstić information content (AvgIpc) is 2.29. The molecule has 0 saturated carbocycles. The molecule has 0 aromatic heterocycles. The number of phenols is 1. The maximum absolute atomic E-state index is 13.5. The van der Waals surface area contributed by atoms with Crippen LogP contribution in [0.25, 0.3) is 0 Å². The minimum Gasteiger partial charge on any atom is -0.508 e. The van der Waals surface area contributed by atoms with Gasteiger partial charge in [0.05, 0.1) is 5.56 Å². The van der Waals surface area contributed by atoms with Crippen LogP contribution in [0.1, 0.15) is 49.9 Å². The third kappa shape index (κ3) is 4.02. The van der Waals surface area contributed by atoms with Crippen LogP contribution in [0.3, 0.4) is 0 Å². The maximum Gasteiger partial charge on any atom is 0.341 e. The predicted octanol–water partition coefficient (Wildman–Crippen LogP) is 3.66. The van der Waals surface area contributed by atoms with Crippen LogP contribution in [0.2, 0.25) is 0 Å². The third-order valence-electron chi connectivity index (χ3n) is 2.67. The molecule has 1 aromatic rings. The Labute approximate surface area is 107 Å². The SMILES string of the molecule is CCCC(CCC)OC(=O)c1ccc(O)cc1F. The summed E-state index contributed by atoms with van der Waals surface area (Å²) in [5.41, 5.74) is -0.134. The summed E-state index contributed by atoms with van der Waals surface area (Å²) in [6.07, 6.45) is 3.21. The van der Waals surface area contributed by atoms with Crippen LogP contribution in [0.5, 0.6) is 5.75 Å². The molecule has 100 valence electrons. The molecule has 4 heteroatoms. The summed E-state index contributed by atoms with van der Waals surface area (Å²) in [4.78, 5) is 11.8. The lowest BCUT2D eigenvalue weighted by atomic mass is 10.1. The van der Waals surface area contributed by atoms with E-state index in [2.05, 4.69) is 0 Å². The summed E-state index contributed by atoms with van der Waals surface area (Å²) in [7, 11) is 0. The van der Waals surface area contributed by atoms with Gasteiger partial charge in [-0.05, 0) is 25.0 Å². The van der Waals surface area contributed by atoms with Gasteiger partial charge in [0.25, 0.3) is 0 Å². The van der Waals surface area contributed by atoms with Crippen molar-refractivity contribution in [2.45, 2.75) is 45.6 Å². The lowest BCUT2D eigenvalue weighted by Crippen LogP contribution is -2.18. The Bertz CT molecular complexity index is 398. The highest BCUT2D eigenvalue weighted by Gasteiger charge is 2.18. The van der Waals surface area contributed by atoms with Crippen molar-refractivity contribution in [1.82, 2.24) is 0 Å². The van der Waals surface area contributed by atoms with Crippen molar-refractivity contribution < 1.29 is 19.0 Å². The van der Waals surface area contributed by atoms with Gasteiger partial charge in [-0.25, -0.2) is 9.18 Å². The summed E-state index contributed by atoms with van der Waals surface area (Å²) in [5, 5.41) is 9.08. The Morgan fingerprint density at radius 2 is 1.94 bits per heavy atom. The van der Waals surface area contributed by atoms with Crippen molar-refractivity contribution in [3.8, 4) is 5.75 Å². The molecule has 1 N–H and O–H groups in total. The van der Waals surface area contributed by atoms with Crippen molar-refractivity contribution in [3.63, 3.8) is 0 Å². The highest BCUT2D eigenvalue weighted by atomic mass is 19.1. The summed E-state index contributed by atoms with van der Waals surface area (Å²) in [5.74, 6) is -1.63. The van der Waals surface area contributed by atoms with Gasteiger partial charge in [-0.2, -0.15) is 0 Å². The molecule has 0 heterocycles. The van der Waals surface area contributed by atoms with E-state index >= 15 is 0 Å². The first kappa shape index (κ1) is 14.5. The van der Waals surface area contributed by atoms with Crippen LogP contribution < -0.4 is 0 Å². The lowest BCUT2D eigenvalue weighted by molar-refractivity contribution is 0.0253. The summed E-state index contributed by atoms with van der Waals surface area (Å²) < 4.78 is 18.7. The van der Waals surface area contributed by atoms with Crippen molar-refractivity contribution in [1.29, 1.82) is 0 Å². The highest BCUT2D eigenvalue weighted by molar-refractivity contribution is 5.90. The zero-order valence-electron chi connectivity index (χ0n) is 10.8. The molecule has 0 spiro atoms. The Morgan fingerprint density at radius 3 is 2.44 bits per heavy atom. The fourth-order valence-electron chi connectivity index (χ4n) is 1.79. The number of ether oxygens (including phenoxy) is 1. The van der Waals surface area contributed by atoms with Gasteiger partial charge in [0.15, 0.2) is 0 Å². The van der Waals surface area contributed by atoms with E-state index in [-0.39, 0.29) is 17.4 Å². The molecular weight excluding hydrogens is 235 g/mol. The quantitative estimate of drug-likeness (QED) is 0.788. The zero-order chi connectivity index (χ0) is 13.5. The van der Waals surface area contributed by atoms with E-state index in [0.29, 0.717) is 0 Å². The van der Waals surface area contributed by atoms with Gasteiger partial charge in [-0.3, -0.25) is 0 Å². The van der Waals surface area contributed by atoms with E-state index in [0.717, 1.165) is 31.7 Å². The molecule has 0 aliphatic heterocycles. The van der Waals surface area contributed by atoms with Crippen molar-refractivity contribution in [2.24, 2.45) is 0 Å². The van der Waals surface area contributed by atoms with Crippen molar-refractivity contribution in [2.75, 3.05) is 0 Å². The van der Waals surface area contributed by atoms with E-state index < -0.39 is 11.8 Å². The van der Waals surface area contributed by atoms with Gasteiger partial charge in [0, 0.05) is 6.07 Å². The van der Waals surface area contributed by atoms with Gasteiger partial charge in [-0.1, -0.05) is 26.7 Å². The average molecular weight is 254 g/mol. The maximum atomic E-state index is 13.5. The summed E-state index contributed by atoms with van der Waals surface area (Å²) in [6.45, 7) is 4.02. The Morgan fingerprint density at radius 1 is 1.33 bits per heavy atom. The second-order valence-corrected chi connectivity index (χ2v) is 4.27. The second kappa shape index (κ2) is 6.99. The van der Waals surface area contributed by atoms with E-state index in [4.69, 9.17) is 9.84 Å². The van der Waals surface area contributed by atoms with Crippen molar-refractivity contribution in [3.05, 3.63) is 29.6 Å². The molecule has 3 nitrogen and oxygen atoms in total. The summed E-state index contributed by atoms with van der Waals surface area (Å²) >= 11 is 0. The zero-order valence-corrected chi connectivity index (χ0v) is 10.8. The van der Waals surface area contributed by atoms with E-state index in [9.17, 15) is 9.18 Å². The molecule has 0 fully saturated rings. The molecule has 0 radical (unpaired) electrons. The number of aromatic hydroxyl groups is 1. The number of esters is 1. The smallest absolute Gasteiger partial charge is 0.341 e. The minimum atomic E-state index is -0.758. The van der Waals surface area contributed by atoms with Crippen LogP contribution in [0.4, 0.5) is 4.39 Å². The van der Waals surface area contributed by atoms with Crippen LogP contribution in [-0.4, -0.2) is 17.2 Å². The van der Waals surface area contributed by atoms with Crippen LogP contribution in [0, 0.1) is 5.82 Å². The number of benzene rings is 1. The number of hydrogen-bond donors (Lipinski definition) is 1. The monoisotopic (exact) mass is 254 g/mol. The van der Waals surface area contributed by atoms with E-state index in [1.165, 1.54) is 12.1 Å². The van der Waals surface area contributed by atoms with Gasteiger partial charge >= 0.3 is 5.97 Å². The highest BCUT2D eigenvalue weighted by Crippen LogP contribution is 2.18.